The number of halogens is 1. The van der Waals surface area contributed by atoms with Crippen molar-refractivity contribution in [1.29, 1.82) is 0 Å². The van der Waals surface area contributed by atoms with Crippen LogP contribution in [-0.4, -0.2) is 0 Å². The van der Waals surface area contributed by atoms with Crippen LogP contribution in [0.3, 0.4) is 0 Å². The number of nitrogens with one attached hydrogen (secondary N) is 1. The molecule has 13 heavy (non-hydrogen) atoms. The van der Waals surface area contributed by atoms with Gasteiger partial charge in [0.2, 0.25) is 0 Å². The Balaban J connectivity index is 3.10. The molecule has 1 aromatic carbocycles. The van der Waals surface area contributed by atoms with Gasteiger partial charge in [-0.05, 0) is 30.2 Å². The molecule has 0 radical (unpaired) electrons. The molecule has 0 amide bonds. The quantitative estimate of drug-likeness (QED) is 0.484. The molecule has 0 saturated heterocycles. The zero-order valence-corrected chi connectivity index (χ0v) is 9.14. The summed E-state index contributed by atoms with van der Waals surface area (Å²) < 4.78 is 1.05. The fourth-order valence-electron chi connectivity index (χ4n) is 1.23. The second-order valence-electron chi connectivity index (χ2n) is 2.88. The first-order valence-electron chi connectivity index (χ1n) is 4.03. The van der Waals surface area contributed by atoms with E-state index >= 15 is 0 Å². The Morgan fingerprint density at radius 1 is 1.62 bits per heavy atom. The highest BCUT2D eigenvalue weighted by molar-refractivity contribution is 9.10. The number of hydrogen-bond acceptors (Lipinski definition) is 2. The molecule has 2 nitrogen and oxygen atoms in total. The van der Waals surface area contributed by atoms with E-state index < -0.39 is 0 Å². The van der Waals surface area contributed by atoms with Crippen LogP contribution >= 0.6 is 15.9 Å². The summed E-state index contributed by atoms with van der Waals surface area (Å²) in [6.45, 7) is 5.77. The van der Waals surface area contributed by atoms with Gasteiger partial charge in [0, 0.05) is 4.47 Å². The molecule has 1 unspecified atom stereocenters. The van der Waals surface area contributed by atoms with Gasteiger partial charge in [0.15, 0.2) is 0 Å². The Hall–Kier alpha value is -0.640. The van der Waals surface area contributed by atoms with Crippen molar-refractivity contribution >= 4 is 15.9 Å². The summed E-state index contributed by atoms with van der Waals surface area (Å²) >= 11 is 3.42. The molecule has 0 fully saturated rings. The van der Waals surface area contributed by atoms with Gasteiger partial charge in [-0.25, -0.2) is 5.43 Å². The van der Waals surface area contributed by atoms with E-state index in [0.29, 0.717) is 0 Å². The number of nitrogens with two attached hydrogens (primary N) is 1. The summed E-state index contributed by atoms with van der Waals surface area (Å²) in [6.07, 6.45) is 1.79. The highest BCUT2D eigenvalue weighted by atomic mass is 79.9. The molecular weight excluding hydrogens is 228 g/mol. The van der Waals surface area contributed by atoms with Crippen LogP contribution in [0.25, 0.3) is 0 Å². The fraction of sp³-hybridized carbons (Fsp3) is 0.200. The number of aryl methyl sites for hydroxylation is 1. The minimum atomic E-state index is 0.0116. The SMILES string of the molecule is C=CC(NN)c1cc(Br)ccc1C. The van der Waals surface area contributed by atoms with Crippen LogP contribution in [-0.2, 0) is 0 Å². The Morgan fingerprint density at radius 3 is 2.85 bits per heavy atom. The fourth-order valence-corrected chi connectivity index (χ4v) is 1.61. The number of rotatable bonds is 3. The third-order valence-corrected chi connectivity index (χ3v) is 2.48. The Kier molecular flexibility index (Phi) is 3.66. The normalized spacial score (nSPS) is 12.5. The molecule has 1 atom stereocenters. The minimum absolute atomic E-state index is 0.0116. The van der Waals surface area contributed by atoms with Gasteiger partial charge in [0.1, 0.15) is 0 Å². The zero-order valence-electron chi connectivity index (χ0n) is 7.55. The van der Waals surface area contributed by atoms with Gasteiger partial charge in [-0.1, -0.05) is 28.1 Å². The van der Waals surface area contributed by atoms with Crippen LogP contribution in [0.4, 0.5) is 0 Å². The third-order valence-electron chi connectivity index (χ3n) is 1.99. The van der Waals surface area contributed by atoms with Crippen molar-refractivity contribution in [3.8, 4) is 0 Å². The molecule has 0 aromatic heterocycles. The monoisotopic (exact) mass is 240 g/mol. The molecule has 0 aliphatic carbocycles. The molecule has 0 saturated carbocycles. The first kappa shape index (κ1) is 10.4. The molecule has 0 heterocycles. The Morgan fingerprint density at radius 2 is 2.31 bits per heavy atom. The third kappa shape index (κ3) is 2.40. The molecule has 0 spiro atoms. The van der Waals surface area contributed by atoms with Gasteiger partial charge >= 0.3 is 0 Å². The summed E-state index contributed by atoms with van der Waals surface area (Å²) in [7, 11) is 0. The Labute approximate surface area is 86.9 Å². The molecule has 0 aliphatic rings. The molecule has 0 aliphatic heterocycles. The lowest BCUT2D eigenvalue weighted by molar-refractivity contribution is 0.653. The van der Waals surface area contributed by atoms with Gasteiger partial charge in [-0.3, -0.25) is 5.84 Å². The maximum absolute atomic E-state index is 5.40. The molecule has 1 aromatic rings. The highest BCUT2D eigenvalue weighted by Crippen LogP contribution is 2.22. The van der Waals surface area contributed by atoms with Crippen LogP contribution in [0.15, 0.2) is 35.3 Å². The summed E-state index contributed by atoms with van der Waals surface area (Å²) in [5, 5.41) is 0. The van der Waals surface area contributed by atoms with Crippen molar-refractivity contribution in [2.24, 2.45) is 5.84 Å². The average molecular weight is 241 g/mol. The summed E-state index contributed by atoms with van der Waals surface area (Å²) in [5.41, 5.74) is 5.04. The summed E-state index contributed by atoms with van der Waals surface area (Å²) in [5.74, 6) is 5.40. The van der Waals surface area contributed by atoms with Gasteiger partial charge in [-0.15, -0.1) is 6.58 Å². The average Bonchev–Trinajstić information content (AvgIpc) is 2.13. The van der Waals surface area contributed by atoms with Gasteiger partial charge < -0.3 is 0 Å². The number of hydrogen-bond donors (Lipinski definition) is 2. The molecule has 3 N–H and O–H groups in total. The van der Waals surface area contributed by atoms with E-state index in [0.717, 1.165) is 10.0 Å². The van der Waals surface area contributed by atoms with Crippen LogP contribution in [0.1, 0.15) is 17.2 Å². The first-order chi connectivity index (χ1) is 6.19. The Bertz CT molecular complexity index is 310. The minimum Gasteiger partial charge on any atom is -0.271 e. The lowest BCUT2D eigenvalue weighted by Gasteiger charge is -2.14. The number of hydrazine groups is 1. The van der Waals surface area contributed by atoms with Gasteiger partial charge in [-0.2, -0.15) is 0 Å². The predicted octanol–water partition coefficient (Wildman–Crippen LogP) is 2.45. The predicted molar refractivity (Wildman–Crippen MR) is 59.1 cm³/mol. The van der Waals surface area contributed by atoms with Crippen LogP contribution in [0.2, 0.25) is 0 Å². The van der Waals surface area contributed by atoms with Gasteiger partial charge in [0.25, 0.3) is 0 Å². The maximum atomic E-state index is 5.40. The van der Waals surface area contributed by atoms with Crippen LogP contribution in [0.5, 0.6) is 0 Å². The lowest BCUT2D eigenvalue weighted by Crippen LogP contribution is -2.26. The maximum Gasteiger partial charge on any atom is 0.0641 e. The van der Waals surface area contributed by atoms with E-state index in [9.17, 15) is 0 Å². The molecule has 3 heteroatoms. The first-order valence-corrected chi connectivity index (χ1v) is 4.83. The zero-order chi connectivity index (χ0) is 9.84. The van der Waals surface area contributed by atoms with Crippen molar-refractivity contribution in [2.75, 3.05) is 0 Å². The van der Waals surface area contributed by atoms with E-state index in [1.165, 1.54) is 5.56 Å². The molecule has 0 bridgehead atoms. The van der Waals surface area contributed by atoms with E-state index in [1.54, 1.807) is 6.08 Å². The molecular formula is C10H13BrN2. The van der Waals surface area contributed by atoms with E-state index in [1.807, 2.05) is 18.2 Å². The van der Waals surface area contributed by atoms with Crippen molar-refractivity contribution in [2.45, 2.75) is 13.0 Å². The second-order valence-corrected chi connectivity index (χ2v) is 3.80. The largest absolute Gasteiger partial charge is 0.271 e. The standard InChI is InChI=1S/C10H13BrN2/c1-3-10(13-12)9-6-8(11)5-4-7(9)2/h3-6,10,13H,1,12H2,2H3. The van der Waals surface area contributed by atoms with Crippen LogP contribution < -0.4 is 11.3 Å². The van der Waals surface area contributed by atoms with Crippen molar-refractivity contribution < 1.29 is 0 Å². The molecule has 1 rings (SSSR count). The number of benzene rings is 1. The van der Waals surface area contributed by atoms with Gasteiger partial charge in [0.05, 0.1) is 6.04 Å². The lowest BCUT2D eigenvalue weighted by atomic mass is 10.0. The smallest absolute Gasteiger partial charge is 0.0641 e. The van der Waals surface area contributed by atoms with Crippen molar-refractivity contribution in [1.82, 2.24) is 5.43 Å². The highest BCUT2D eigenvalue weighted by Gasteiger charge is 2.07. The summed E-state index contributed by atoms with van der Waals surface area (Å²) in [6, 6.07) is 6.11. The second kappa shape index (κ2) is 4.56. The molecule has 70 valence electrons. The summed E-state index contributed by atoms with van der Waals surface area (Å²) in [4.78, 5) is 0. The van der Waals surface area contributed by atoms with E-state index in [2.05, 4.69) is 34.9 Å². The topological polar surface area (TPSA) is 38.0 Å². The van der Waals surface area contributed by atoms with E-state index in [4.69, 9.17) is 5.84 Å². The van der Waals surface area contributed by atoms with Crippen LogP contribution in [0, 0.1) is 6.92 Å². The van der Waals surface area contributed by atoms with Crippen molar-refractivity contribution in [3.63, 3.8) is 0 Å². The van der Waals surface area contributed by atoms with Crippen molar-refractivity contribution in [3.05, 3.63) is 46.5 Å². The van der Waals surface area contributed by atoms with E-state index in [-0.39, 0.29) is 6.04 Å².